The molecule has 0 unspecified atom stereocenters. The van der Waals surface area contributed by atoms with Gasteiger partial charge < -0.3 is 5.32 Å². The minimum atomic E-state index is -0.315. The number of aromatic nitrogens is 3. The van der Waals surface area contributed by atoms with Gasteiger partial charge in [0, 0.05) is 34.7 Å². The van der Waals surface area contributed by atoms with Crippen molar-refractivity contribution in [1.29, 1.82) is 0 Å². The average Bonchev–Trinajstić information content (AvgIpc) is 2.58. The molecule has 2 heterocycles. The minimum Gasteiger partial charge on any atom is -0.324 e. The fraction of sp³-hybridized carbons (Fsp3) is 0.0588. The quantitative estimate of drug-likeness (QED) is 0.792. The Labute approximate surface area is 142 Å². The molecule has 0 fully saturated rings. The summed E-state index contributed by atoms with van der Waals surface area (Å²) in [5, 5.41) is 3.30. The number of pyridine rings is 1. The van der Waals surface area contributed by atoms with E-state index in [0.29, 0.717) is 16.4 Å². The standard InChI is InChI=1S/C17H13ClN4O2/c18-13-3-1-12(2-4-13)15-9-17(24)22(11-20-15)10-16(23)21-14-5-7-19-8-6-14/h1-9,11H,10H2,(H,19,21,23). The van der Waals surface area contributed by atoms with Crippen molar-refractivity contribution in [2.24, 2.45) is 0 Å². The molecule has 120 valence electrons. The lowest BCUT2D eigenvalue weighted by Gasteiger charge is -2.08. The molecule has 1 amide bonds. The molecule has 24 heavy (non-hydrogen) atoms. The lowest BCUT2D eigenvalue weighted by molar-refractivity contribution is -0.116. The van der Waals surface area contributed by atoms with Crippen LogP contribution in [-0.2, 0) is 11.3 Å². The van der Waals surface area contributed by atoms with Crippen LogP contribution in [0.1, 0.15) is 0 Å². The van der Waals surface area contributed by atoms with Gasteiger partial charge in [-0.05, 0) is 24.3 Å². The van der Waals surface area contributed by atoms with E-state index in [4.69, 9.17) is 11.6 Å². The fourth-order valence-electron chi connectivity index (χ4n) is 2.11. The molecule has 0 aliphatic carbocycles. The molecule has 3 aromatic rings. The molecule has 7 heteroatoms. The Hall–Kier alpha value is -2.99. The van der Waals surface area contributed by atoms with Gasteiger partial charge in [0.2, 0.25) is 5.91 Å². The van der Waals surface area contributed by atoms with E-state index in [9.17, 15) is 9.59 Å². The van der Waals surface area contributed by atoms with Gasteiger partial charge in [-0.25, -0.2) is 4.98 Å². The minimum absolute atomic E-state index is 0.116. The maximum atomic E-state index is 12.2. The third kappa shape index (κ3) is 3.85. The van der Waals surface area contributed by atoms with E-state index in [2.05, 4.69) is 15.3 Å². The number of nitrogens with one attached hydrogen (secondary N) is 1. The second-order valence-corrected chi connectivity index (χ2v) is 5.47. The Morgan fingerprint density at radius 1 is 1.12 bits per heavy atom. The van der Waals surface area contributed by atoms with Crippen molar-refractivity contribution in [2.75, 3.05) is 5.32 Å². The van der Waals surface area contributed by atoms with E-state index in [1.165, 1.54) is 17.0 Å². The first kappa shape index (κ1) is 15.9. The molecule has 6 nitrogen and oxygen atoms in total. The zero-order chi connectivity index (χ0) is 16.9. The van der Waals surface area contributed by atoms with Crippen LogP contribution in [0.3, 0.4) is 0 Å². The Morgan fingerprint density at radius 2 is 1.83 bits per heavy atom. The lowest BCUT2D eigenvalue weighted by atomic mass is 10.1. The summed E-state index contributed by atoms with van der Waals surface area (Å²) in [6, 6.07) is 11.8. The first-order valence-electron chi connectivity index (χ1n) is 7.14. The summed E-state index contributed by atoms with van der Waals surface area (Å²) in [4.78, 5) is 32.3. The molecule has 0 aliphatic heterocycles. The number of carbonyl (C=O) groups excluding carboxylic acids is 1. The number of carbonyl (C=O) groups is 1. The van der Waals surface area contributed by atoms with Crippen LogP contribution < -0.4 is 10.9 Å². The zero-order valence-corrected chi connectivity index (χ0v) is 13.3. The van der Waals surface area contributed by atoms with Gasteiger partial charge in [0.1, 0.15) is 6.54 Å². The predicted octanol–water partition coefficient (Wildman–Crippen LogP) is 2.60. The summed E-state index contributed by atoms with van der Waals surface area (Å²) in [6.45, 7) is -0.116. The normalized spacial score (nSPS) is 10.4. The molecule has 0 spiro atoms. The van der Waals surface area contributed by atoms with E-state index < -0.39 is 0 Å². The van der Waals surface area contributed by atoms with E-state index in [1.807, 2.05) is 0 Å². The average molecular weight is 341 g/mol. The zero-order valence-electron chi connectivity index (χ0n) is 12.5. The number of anilines is 1. The molecule has 1 N–H and O–H groups in total. The number of amides is 1. The van der Waals surface area contributed by atoms with Crippen molar-refractivity contribution in [1.82, 2.24) is 14.5 Å². The third-order valence-corrected chi connectivity index (χ3v) is 3.55. The molecule has 0 aliphatic rings. The van der Waals surface area contributed by atoms with Crippen LogP contribution in [0.4, 0.5) is 5.69 Å². The highest BCUT2D eigenvalue weighted by atomic mass is 35.5. The van der Waals surface area contributed by atoms with Gasteiger partial charge in [0.05, 0.1) is 12.0 Å². The smallest absolute Gasteiger partial charge is 0.254 e. The van der Waals surface area contributed by atoms with Gasteiger partial charge in [0.15, 0.2) is 0 Å². The van der Waals surface area contributed by atoms with Crippen molar-refractivity contribution in [3.05, 3.63) is 76.6 Å². The number of rotatable bonds is 4. The van der Waals surface area contributed by atoms with Gasteiger partial charge >= 0.3 is 0 Å². The number of nitrogens with zero attached hydrogens (tertiary/aromatic N) is 3. The Morgan fingerprint density at radius 3 is 2.50 bits per heavy atom. The summed E-state index contributed by atoms with van der Waals surface area (Å²) < 4.78 is 1.25. The Bertz CT molecular complexity index is 908. The van der Waals surface area contributed by atoms with Gasteiger partial charge in [-0.1, -0.05) is 23.7 Å². The molecule has 0 saturated carbocycles. The second kappa shape index (κ2) is 7.06. The van der Waals surface area contributed by atoms with Crippen molar-refractivity contribution in [3.63, 3.8) is 0 Å². The molecule has 1 aromatic carbocycles. The topological polar surface area (TPSA) is 76.9 Å². The van der Waals surface area contributed by atoms with E-state index in [-0.39, 0.29) is 18.0 Å². The van der Waals surface area contributed by atoms with Gasteiger partial charge in [-0.2, -0.15) is 0 Å². The molecular weight excluding hydrogens is 328 g/mol. The summed E-state index contributed by atoms with van der Waals surface area (Å²) >= 11 is 5.84. The number of benzene rings is 1. The number of hydrogen-bond acceptors (Lipinski definition) is 4. The predicted molar refractivity (Wildman–Crippen MR) is 91.8 cm³/mol. The molecule has 0 atom stereocenters. The highest BCUT2D eigenvalue weighted by molar-refractivity contribution is 6.30. The fourth-order valence-corrected chi connectivity index (χ4v) is 2.24. The van der Waals surface area contributed by atoms with Crippen LogP contribution in [0, 0.1) is 0 Å². The van der Waals surface area contributed by atoms with Gasteiger partial charge in [0.25, 0.3) is 5.56 Å². The maximum absolute atomic E-state index is 12.2. The van der Waals surface area contributed by atoms with Crippen molar-refractivity contribution in [3.8, 4) is 11.3 Å². The van der Waals surface area contributed by atoms with Gasteiger partial charge in [-0.3, -0.25) is 19.1 Å². The van der Waals surface area contributed by atoms with Crippen LogP contribution in [0.15, 0.2) is 66.0 Å². The first-order valence-corrected chi connectivity index (χ1v) is 7.52. The summed E-state index contributed by atoms with van der Waals surface area (Å²) in [5.41, 5.74) is 1.63. The molecular formula is C17H13ClN4O2. The van der Waals surface area contributed by atoms with Crippen molar-refractivity contribution < 1.29 is 4.79 Å². The Balaban J connectivity index is 1.74. The van der Waals surface area contributed by atoms with Crippen LogP contribution in [0.2, 0.25) is 5.02 Å². The monoisotopic (exact) mass is 340 g/mol. The van der Waals surface area contributed by atoms with Crippen molar-refractivity contribution >= 4 is 23.2 Å². The first-order chi connectivity index (χ1) is 11.6. The number of hydrogen-bond donors (Lipinski definition) is 1. The van der Waals surface area contributed by atoms with Crippen LogP contribution in [0.25, 0.3) is 11.3 Å². The van der Waals surface area contributed by atoms with Gasteiger partial charge in [-0.15, -0.1) is 0 Å². The van der Waals surface area contributed by atoms with Crippen molar-refractivity contribution in [2.45, 2.75) is 6.54 Å². The molecule has 0 radical (unpaired) electrons. The molecule has 2 aromatic heterocycles. The lowest BCUT2D eigenvalue weighted by Crippen LogP contribution is -2.27. The molecule has 3 rings (SSSR count). The third-order valence-electron chi connectivity index (χ3n) is 3.30. The molecule has 0 bridgehead atoms. The van der Waals surface area contributed by atoms with E-state index in [1.54, 1.807) is 48.8 Å². The summed E-state index contributed by atoms with van der Waals surface area (Å²) in [6.07, 6.45) is 4.51. The molecule has 0 saturated heterocycles. The highest BCUT2D eigenvalue weighted by Crippen LogP contribution is 2.17. The van der Waals surface area contributed by atoms with Crippen LogP contribution >= 0.6 is 11.6 Å². The summed E-state index contributed by atoms with van der Waals surface area (Å²) in [5.74, 6) is -0.315. The van der Waals surface area contributed by atoms with E-state index >= 15 is 0 Å². The highest BCUT2D eigenvalue weighted by Gasteiger charge is 2.07. The van der Waals surface area contributed by atoms with Crippen LogP contribution in [0.5, 0.6) is 0 Å². The second-order valence-electron chi connectivity index (χ2n) is 5.03. The SMILES string of the molecule is O=C(Cn1cnc(-c2ccc(Cl)cc2)cc1=O)Nc1ccncc1. The van der Waals surface area contributed by atoms with Crippen LogP contribution in [-0.4, -0.2) is 20.4 Å². The largest absolute Gasteiger partial charge is 0.324 e. The van der Waals surface area contributed by atoms with E-state index in [0.717, 1.165) is 5.56 Å². The summed E-state index contributed by atoms with van der Waals surface area (Å²) in [7, 11) is 0. The number of halogens is 1. The Kier molecular flexibility index (Phi) is 4.67. The maximum Gasteiger partial charge on any atom is 0.254 e.